The zero-order valence-corrected chi connectivity index (χ0v) is 26.6. The van der Waals surface area contributed by atoms with Gasteiger partial charge in [-0.25, -0.2) is 22.3 Å². The summed E-state index contributed by atoms with van der Waals surface area (Å²) in [5.74, 6) is -0.659. The summed E-state index contributed by atoms with van der Waals surface area (Å²) in [7, 11) is -4.81. The van der Waals surface area contributed by atoms with E-state index in [9.17, 15) is 22.4 Å². The van der Waals surface area contributed by atoms with E-state index >= 15 is 0 Å². The Hall–Kier alpha value is -2.22. The molecule has 1 unspecified atom stereocenters. The lowest BCUT2D eigenvalue weighted by molar-refractivity contribution is -0.199. The third kappa shape index (κ3) is 6.95. The Kier molecular flexibility index (Phi) is 9.11. The van der Waals surface area contributed by atoms with Gasteiger partial charge in [0.2, 0.25) is 15.9 Å². The molecule has 1 aromatic carbocycles. The topological polar surface area (TPSA) is 132 Å². The van der Waals surface area contributed by atoms with Crippen LogP contribution in [0.5, 0.6) is 0 Å². The monoisotopic (exact) mass is 609 g/mol. The summed E-state index contributed by atoms with van der Waals surface area (Å²) in [6.45, 7) is 15.3. The molecule has 4 fully saturated rings. The Balaban J connectivity index is 1.51. The van der Waals surface area contributed by atoms with Crippen molar-refractivity contribution in [2.24, 2.45) is 23.2 Å². The molecule has 1 aromatic rings. The summed E-state index contributed by atoms with van der Waals surface area (Å²) in [5.41, 5.74) is -1.16. The van der Waals surface area contributed by atoms with Crippen molar-refractivity contribution >= 4 is 29.1 Å². The van der Waals surface area contributed by atoms with Crippen LogP contribution in [-0.2, 0) is 28.9 Å². The molecule has 13 heteroatoms. The highest BCUT2D eigenvalue weighted by Crippen LogP contribution is 2.65. The minimum Gasteiger partial charge on any atom is -0.444 e. The first-order valence-corrected chi connectivity index (χ1v) is 16.2. The molecule has 0 aromatic heterocycles. The van der Waals surface area contributed by atoms with Crippen molar-refractivity contribution in [3.63, 3.8) is 0 Å². The first-order chi connectivity index (χ1) is 19.3. The van der Waals surface area contributed by atoms with Gasteiger partial charge in [-0.3, -0.25) is 4.79 Å². The molecule has 1 heterocycles. The van der Waals surface area contributed by atoms with Crippen molar-refractivity contribution in [3.05, 3.63) is 30.1 Å². The zero-order valence-electron chi connectivity index (χ0n) is 25.8. The SMILES string of the molecule is CC(C)C[C@H](NC(=O)[C@H](CNS(=O)(=O)c1ccc(F)cc1)NC(=O)OC(C)(C)C)B1OC2C[C@@H]3C[C@@H](C3(C)C)[C@]2(C)O1. The highest BCUT2D eigenvalue weighted by atomic mass is 32.2. The Morgan fingerprint density at radius 3 is 2.33 bits per heavy atom. The van der Waals surface area contributed by atoms with Crippen LogP contribution in [0.2, 0.25) is 0 Å². The van der Waals surface area contributed by atoms with Crippen LogP contribution in [0.4, 0.5) is 9.18 Å². The van der Waals surface area contributed by atoms with Crippen LogP contribution < -0.4 is 15.4 Å². The maximum atomic E-state index is 13.7. The van der Waals surface area contributed by atoms with E-state index in [2.05, 4.69) is 36.1 Å². The summed E-state index contributed by atoms with van der Waals surface area (Å²) < 4.78 is 59.9. The molecule has 2 bridgehead atoms. The number of nitrogens with one attached hydrogen (secondary N) is 3. The summed E-state index contributed by atoms with van der Waals surface area (Å²) in [6.07, 6.45) is 1.57. The summed E-state index contributed by atoms with van der Waals surface area (Å²) in [5, 5.41) is 5.47. The lowest BCUT2D eigenvalue weighted by atomic mass is 9.43. The van der Waals surface area contributed by atoms with E-state index in [0.717, 1.165) is 37.1 Å². The molecule has 3 saturated carbocycles. The third-order valence-electron chi connectivity index (χ3n) is 8.96. The van der Waals surface area contributed by atoms with E-state index in [1.807, 2.05) is 13.8 Å². The Morgan fingerprint density at radius 2 is 1.76 bits per heavy atom. The molecule has 0 radical (unpaired) electrons. The maximum Gasteiger partial charge on any atom is 0.481 e. The Bertz CT molecular complexity index is 1270. The van der Waals surface area contributed by atoms with E-state index < -0.39 is 64.7 Å². The number of carbonyl (C=O) groups is 2. The van der Waals surface area contributed by atoms with Crippen molar-refractivity contribution in [3.8, 4) is 0 Å². The second kappa shape index (κ2) is 11.7. The molecular formula is C29H45BFN3O7S. The van der Waals surface area contributed by atoms with Gasteiger partial charge in [-0.05, 0) is 94.4 Å². The standard InChI is InChI=1S/C29H45BFN3O7S/c1-17(2)13-24(30-40-23-15-18-14-22(28(18,6)7)29(23,8)41-30)34-25(35)21(33-26(36)39-27(3,4)5)16-32-42(37,38)20-11-9-19(31)10-12-20/h9-12,17-18,21-24,32H,13-16H2,1-8H3,(H,33,36)(H,34,35)/t18-,21-,22-,23?,24-,29-/m0/s1. The molecule has 10 nitrogen and oxygen atoms in total. The van der Waals surface area contributed by atoms with Crippen molar-refractivity contribution < 1.29 is 36.4 Å². The molecule has 6 atom stereocenters. The first-order valence-electron chi connectivity index (χ1n) is 14.7. The quantitative estimate of drug-likeness (QED) is 0.344. The van der Waals surface area contributed by atoms with Crippen LogP contribution in [-0.4, -0.2) is 63.4 Å². The molecule has 1 aliphatic heterocycles. The molecule has 3 N–H and O–H groups in total. The predicted octanol–water partition coefficient (Wildman–Crippen LogP) is 3.80. The van der Waals surface area contributed by atoms with Crippen LogP contribution >= 0.6 is 0 Å². The summed E-state index contributed by atoms with van der Waals surface area (Å²) in [4.78, 5) is 26.2. The van der Waals surface area contributed by atoms with Gasteiger partial charge in [0.15, 0.2) is 0 Å². The zero-order chi connectivity index (χ0) is 31.3. The number of ether oxygens (including phenoxy) is 1. The second-order valence-corrected chi connectivity index (χ2v) is 15.9. The van der Waals surface area contributed by atoms with Gasteiger partial charge in [0.25, 0.3) is 0 Å². The number of hydrogen-bond donors (Lipinski definition) is 3. The van der Waals surface area contributed by atoms with Crippen molar-refractivity contribution in [1.82, 2.24) is 15.4 Å². The molecule has 0 spiro atoms. The number of carbonyl (C=O) groups excluding carboxylic acids is 2. The van der Waals surface area contributed by atoms with Gasteiger partial charge in [0, 0.05) is 6.54 Å². The van der Waals surface area contributed by atoms with Gasteiger partial charge in [-0.1, -0.05) is 27.7 Å². The molecule has 4 aliphatic rings. The molecule has 1 saturated heterocycles. The fourth-order valence-corrected chi connectivity index (χ4v) is 7.70. The van der Waals surface area contributed by atoms with Crippen molar-refractivity contribution in [1.29, 1.82) is 0 Å². The molecule has 2 amide bonds. The smallest absolute Gasteiger partial charge is 0.444 e. The lowest BCUT2D eigenvalue weighted by Crippen LogP contribution is -2.65. The number of halogens is 1. The Labute approximate surface area is 249 Å². The van der Waals surface area contributed by atoms with E-state index in [0.29, 0.717) is 18.3 Å². The predicted molar refractivity (Wildman–Crippen MR) is 156 cm³/mol. The average Bonchev–Trinajstić information content (AvgIpc) is 3.22. The van der Waals surface area contributed by atoms with Gasteiger partial charge in [0.05, 0.1) is 22.5 Å². The van der Waals surface area contributed by atoms with Crippen molar-refractivity contribution in [2.75, 3.05) is 6.54 Å². The van der Waals surface area contributed by atoms with E-state index in [4.69, 9.17) is 14.0 Å². The van der Waals surface area contributed by atoms with Gasteiger partial charge in [-0.15, -0.1) is 0 Å². The van der Waals surface area contributed by atoms with Gasteiger partial charge in [0.1, 0.15) is 17.5 Å². The molecule has 5 rings (SSSR count). The van der Waals surface area contributed by atoms with Gasteiger partial charge in [-0.2, -0.15) is 0 Å². The second-order valence-electron chi connectivity index (χ2n) is 14.1. The van der Waals surface area contributed by atoms with Crippen LogP contribution in [0.1, 0.15) is 74.7 Å². The number of rotatable bonds is 10. The number of amides is 2. The van der Waals surface area contributed by atoms with Gasteiger partial charge < -0.3 is 24.7 Å². The summed E-state index contributed by atoms with van der Waals surface area (Å²) >= 11 is 0. The van der Waals surface area contributed by atoms with Crippen LogP contribution in [0.15, 0.2) is 29.2 Å². The van der Waals surface area contributed by atoms with E-state index in [-0.39, 0.29) is 22.3 Å². The summed E-state index contributed by atoms with van der Waals surface area (Å²) in [6, 6.07) is 2.97. The fourth-order valence-electron chi connectivity index (χ4n) is 6.65. The number of hydrogen-bond acceptors (Lipinski definition) is 7. The number of alkyl carbamates (subject to hydrolysis) is 1. The molecule has 42 heavy (non-hydrogen) atoms. The minimum absolute atomic E-state index is 0.0796. The number of sulfonamides is 1. The largest absolute Gasteiger partial charge is 0.481 e. The fraction of sp³-hybridized carbons (Fsp3) is 0.724. The average molecular weight is 610 g/mol. The number of benzene rings is 1. The first kappa shape index (κ1) is 32.7. The van der Waals surface area contributed by atoms with Crippen LogP contribution in [0, 0.1) is 29.0 Å². The van der Waals surface area contributed by atoms with Crippen LogP contribution in [0.3, 0.4) is 0 Å². The van der Waals surface area contributed by atoms with Crippen LogP contribution in [0.25, 0.3) is 0 Å². The highest BCUT2D eigenvalue weighted by Gasteiger charge is 2.68. The van der Waals surface area contributed by atoms with E-state index in [1.165, 1.54) is 0 Å². The highest BCUT2D eigenvalue weighted by molar-refractivity contribution is 7.89. The minimum atomic E-state index is -4.11. The Morgan fingerprint density at radius 1 is 1.12 bits per heavy atom. The normalized spacial score (nSPS) is 28.0. The molecular weight excluding hydrogens is 564 g/mol. The molecule has 3 aliphatic carbocycles. The maximum absolute atomic E-state index is 13.7. The van der Waals surface area contributed by atoms with E-state index in [1.54, 1.807) is 20.8 Å². The molecule has 234 valence electrons. The van der Waals surface area contributed by atoms with Crippen molar-refractivity contribution in [2.45, 2.75) is 109 Å². The third-order valence-corrected chi connectivity index (χ3v) is 10.4. The van der Waals surface area contributed by atoms with Gasteiger partial charge >= 0.3 is 13.2 Å². The lowest BCUT2D eigenvalue weighted by Gasteiger charge is -2.64.